The van der Waals surface area contributed by atoms with Gasteiger partial charge in [-0.2, -0.15) is 0 Å². The highest BCUT2D eigenvalue weighted by molar-refractivity contribution is 6.31. The van der Waals surface area contributed by atoms with Crippen molar-refractivity contribution < 1.29 is 9.84 Å². The predicted molar refractivity (Wildman–Crippen MR) is 80.5 cm³/mol. The van der Waals surface area contributed by atoms with Gasteiger partial charge in [0.25, 0.3) is 0 Å². The van der Waals surface area contributed by atoms with Crippen LogP contribution in [0.25, 0.3) is 0 Å². The molecule has 20 heavy (non-hydrogen) atoms. The third kappa shape index (κ3) is 4.10. The molecule has 1 aromatic heterocycles. The molecular weight excluding hydrogens is 297 g/mol. The van der Waals surface area contributed by atoms with Gasteiger partial charge >= 0.3 is 0 Å². The van der Waals surface area contributed by atoms with E-state index in [1.54, 1.807) is 49.6 Å². The Kier molecular flexibility index (Phi) is 5.24. The van der Waals surface area contributed by atoms with Crippen molar-refractivity contribution in [2.24, 2.45) is 0 Å². The summed E-state index contributed by atoms with van der Waals surface area (Å²) in [5, 5.41) is 11.3. The van der Waals surface area contributed by atoms with Gasteiger partial charge in [-0.05, 0) is 36.8 Å². The minimum absolute atomic E-state index is 0.377. The topological polar surface area (TPSA) is 42.4 Å². The van der Waals surface area contributed by atoms with Crippen LogP contribution in [-0.4, -0.2) is 22.3 Å². The monoisotopic (exact) mass is 311 g/mol. The molecule has 0 saturated heterocycles. The van der Waals surface area contributed by atoms with E-state index in [9.17, 15) is 5.11 Å². The normalized spacial score (nSPS) is 13.8. The van der Waals surface area contributed by atoms with Crippen LogP contribution in [0.5, 0.6) is 5.75 Å². The molecule has 106 valence electrons. The van der Waals surface area contributed by atoms with Crippen molar-refractivity contribution in [1.82, 2.24) is 4.98 Å². The molecule has 0 aliphatic rings. The molecule has 0 aliphatic heterocycles. The summed E-state index contributed by atoms with van der Waals surface area (Å²) in [5.74, 6) is 0.630. The summed E-state index contributed by atoms with van der Waals surface area (Å²) in [4.78, 5) is 3.92. The molecule has 2 unspecified atom stereocenters. The van der Waals surface area contributed by atoms with E-state index in [1.165, 1.54) is 0 Å². The molecule has 0 spiro atoms. The lowest BCUT2D eigenvalue weighted by atomic mass is 10.1. The summed E-state index contributed by atoms with van der Waals surface area (Å²) in [5.41, 5.74) is 0.843. The Morgan fingerprint density at radius 3 is 2.80 bits per heavy atom. The summed E-state index contributed by atoms with van der Waals surface area (Å²) in [6.07, 6.45) is 2.57. The van der Waals surface area contributed by atoms with E-state index in [-0.39, 0.29) is 6.10 Å². The Labute approximate surface area is 128 Å². The predicted octanol–water partition coefficient (Wildman–Crippen LogP) is 3.76. The van der Waals surface area contributed by atoms with Gasteiger partial charge in [0, 0.05) is 23.8 Å². The first-order valence-corrected chi connectivity index (χ1v) is 7.00. The quantitative estimate of drug-likeness (QED) is 0.914. The van der Waals surface area contributed by atoms with Gasteiger partial charge in [0.15, 0.2) is 0 Å². The fourth-order valence-corrected chi connectivity index (χ4v) is 2.17. The van der Waals surface area contributed by atoms with Gasteiger partial charge in [0.2, 0.25) is 0 Å². The average molecular weight is 312 g/mol. The second kappa shape index (κ2) is 6.93. The number of benzene rings is 1. The number of hydrogen-bond acceptors (Lipinski definition) is 3. The second-order valence-corrected chi connectivity index (χ2v) is 5.36. The zero-order valence-corrected chi connectivity index (χ0v) is 12.5. The Morgan fingerprint density at radius 1 is 1.30 bits per heavy atom. The van der Waals surface area contributed by atoms with Gasteiger partial charge in [-0.3, -0.25) is 4.98 Å². The van der Waals surface area contributed by atoms with E-state index in [4.69, 9.17) is 27.9 Å². The van der Waals surface area contributed by atoms with E-state index in [1.807, 2.05) is 0 Å². The van der Waals surface area contributed by atoms with Crippen molar-refractivity contribution >= 4 is 23.2 Å². The van der Waals surface area contributed by atoms with Gasteiger partial charge in [0.1, 0.15) is 11.9 Å². The maximum absolute atomic E-state index is 10.2. The Balaban J connectivity index is 1.99. The van der Waals surface area contributed by atoms with Gasteiger partial charge in [-0.1, -0.05) is 29.3 Å². The van der Waals surface area contributed by atoms with Gasteiger partial charge in [0.05, 0.1) is 11.1 Å². The minimum Gasteiger partial charge on any atom is -0.488 e. The van der Waals surface area contributed by atoms with Crippen LogP contribution in [0.2, 0.25) is 10.0 Å². The molecule has 0 amide bonds. The Bertz CT molecular complexity index is 577. The third-order valence-corrected chi connectivity index (χ3v) is 3.52. The zero-order chi connectivity index (χ0) is 14.5. The van der Waals surface area contributed by atoms with E-state index in [0.717, 1.165) is 5.56 Å². The number of pyridine rings is 1. The van der Waals surface area contributed by atoms with E-state index in [0.29, 0.717) is 22.2 Å². The molecule has 0 bridgehead atoms. The molecule has 0 fully saturated rings. The van der Waals surface area contributed by atoms with Crippen molar-refractivity contribution in [3.05, 3.63) is 58.3 Å². The molecule has 1 aromatic carbocycles. The molecule has 1 N–H and O–H groups in total. The fourth-order valence-electron chi connectivity index (χ4n) is 1.79. The largest absolute Gasteiger partial charge is 0.488 e. The SMILES string of the molecule is CC(Oc1cccc(Cl)c1)C(O)Cc1ccncc1Cl. The van der Waals surface area contributed by atoms with Gasteiger partial charge < -0.3 is 9.84 Å². The van der Waals surface area contributed by atoms with Crippen molar-refractivity contribution in [2.75, 3.05) is 0 Å². The number of halogens is 2. The van der Waals surface area contributed by atoms with Gasteiger partial charge in [-0.15, -0.1) is 0 Å². The highest BCUT2D eigenvalue weighted by Crippen LogP contribution is 2.21. The van der Waals surface area contributed by atoms with Crippen LogP contribution < -0.4 is 4.74 Å². The molecule has 2 atom stereocenters. The minimum atomic E-state index is -0.672. The molecule has 3 nitrogen and oxygen atoms in total. The number of hydrogen-bond donors (Lipinski definition) is 1. The van der Waals surface area contributed by atoms with E-state index in [2.05, 4.69) is 4.98 Å². The van der Waals surface area contributed by atoms with Crippen LogP contribution in [0.1, 0.15) is 12.5 Å². The van der Waals surface area contributed by atoms with E-state index < -0.39 is 6.10 Å². The van der Waals surface area contributed by atoms with Crippen LogP contribution in [-0.2, 0) is 6.42 Å². The molecule has 2 aromatic rings. The number of ether oxygens (including phenoxy) is 1. The zero-order valence-electron chi connectivity index (χ0n) is 11.0. The summed E-state index contributed by atoms with van der Waals surface area (Å²) in [6, 6.07) is 8.87. The second-order valence-electron chi connectivity index (χ2n) is 4.52. The summed E-state index contributed by atoms with van der Waals surface area (Å²) >= 11 is 11.9. The van der Waals surface area contributed by atoms with Crippen LogP contribution >= 0.6 is 23.2 Å². The van der Waals surface area contributed by atoms with Crippen LogP contribution in [0.4, 0.5) is 0 Å². The lowest BCUT2D eigenvalue weighted by molar-refractivity contribution is 0.0479. The summed E-state index contributed by atoms with van der Waals surface area (Å²) in [7, 11) is 0. The van der Waals surface area contributed by atoms with Crippen molar-refractivity contribution in [2.45, 2.75) is 25.6 Å². The molecule has 1 heterocycles. The van der Waals surface area contributed by atoms with Crippen molar-refractivity contribution in [3.63, 3.8) is 0 Å². The molecule has 2 rings (SSSR count). The Hall–Kier alpha value is -1.29. The molecule has 0 aliphatic carbocycles. The molecule has 0 radical (unpaired) electrons. The smallest absolute Gasteiger partial charge is 0.122 e. The number of aliphatic hydroxyl groups excluding tert-OH is 1. The van der Waals surface area contributed by atoms with Crippen LogP contribution in [0.15, 0.2) is 42.7 Å². The average Bonchev–Trinajstić information content (AvgIpc) is 2.41. The maximum atomic E-state index is 10.2. The number of nitrogens with zero attached hydrogens (tertiary/aromatic N) is 1. The lowest BCUT2D eigenvalue weighted by Gasteiger charge is -2.21. The van der Waals surface area contributed by atoms with Crippen LogP contribution in [0, 0.1) is 0 Å². The standard InChI is InChI=1S/C15H15Cl2NO2/c1-10(20-13-4-2-3-12(16)8-13)15(19)7-11-5-6-18-9-14(11)17/h2-6,8-10,15,19H,7H2,1H3. The first kappa shape index (κ1) is 15.1. The van der Waals surface area contributed by atoms with Crippen molar-refractivity contribution in [3.8, 4) is 5.75 Å². The number of aliphatic hydroxyl groups is 1. The summed E-state index contributed by atoms with van der Waals surface area (Å²) < 4.78 is 5.68. The first-order valence-electron chi connectivity index (χ1n) is 6.25. The summed E-state index contributed by atoms with van der Waals surface area (Å²) in [6.45, 7) is 1.81. The molecule has 5 heteroatoms. The van der Waals surface area contributed by atoms with Gasteiger partial charge in [-0.25, -0.2) is 0 Å². The van der Waals surface area contributed by atoms with E-state index >= 15 is 0 Å². The Morgan fingerprint density at radius 2 is 2.10 bits per heavy atom. The number of rotatable bonds is 5. The highest BCUT2D eigenvalue weighted by Gasteiger charge is 2.18. The molecule has 0 saturated carbocycles. The highest BCUT2D eigenvalue weighted by atomic mass is 35.5. The fraction of sp³-hybridized carbons (Fsp3) is 0.267. The third-order valence-electron chi connectivity index (χ3n) is 2.95. The lowest BCUT2D eigenvalue weighted by Crippen LogP contribution is -2.30. The maximum Gasteiger partial charge on any atom is 0.122 e. The van der Waals surface area contributed by atoms with Crippen LogP contribution in [0.3, 0.4) is 0 Å². The number of aromatic nitrogens is 1. The molecular formula is C15H15Cl2NO2. The first-order chi connectivity index (χ1) is 9.56. The van der Waals surface area contributed by atoms with Crippen molar-refractivity contribution in [1.29, 1.82) is 0 Å².